The number of para-hydroxylation sites is 2. The zero-order valence-corrected chi connectivity index (χ0v) is 23.4. The molecule has 0 aliphatic heterocycles. The molecule has 3 aromatic heterocycles. The van der Waals surface area contributed by atoms with Crippen LogP contribution in [0.15, 0.2) is 138 Å². The van der Waals surface area contributed by atoms with Crippen LogP contribution in [-0.2, 0) is 0 Å². The highest BCUT2D eigenvalue weighted by molar-refractivity contribution is 6.33. The third-order valence-corrected chi connectivity index (χ3v) is 8.80. The van der Waals surface area contributed by atoms with E-state index in [1.165, 1.54) is 16.2 Å². The van der Waals surface area contributed by atoms with Crippen LogP contribution >= 0.6 is 0 Å². The van der Waals surface area contributed by atoms with Crippen LogP contribution < -0.4 is 0 Å². The van der Waals surface area contributed by atoms with E-state index in [1.807, 2.05) is 36.4 Å². The molecule has 0 saturated carbocycles. The van der Waals surface area contributed by atoms with Gasteiger partial charge in [0.2, 0.25) is 5.95 Å². The normalized spacial score (nSPS) is 12.1. The Morgan fingerprint density at radius 1 is 0.409 bits per heavy atom. The molecule has 0 amide bonds. The molecule has 0 saturated heterocycles. The van der Waals surface area contributed by atoms with Gasteiger partial charge in [0.05, 0.1) is 11.0 Å². The molecule has 0 aliphatic rings. The van der Waals surface area contributed by atoms with Crippen LogP contribution in [-0.4, -0.2) is 19.5 Å². The highest BCUT2D eigenvalue weighted by Gasteiger charge is 2.21. The summed E-state index contributed by atoms with van der Waals surface area (Å²) in [5.74, 6) is 1.79. The maximum absolute atomic E-state index is 6.50. The van der Waals surface area contributed by atoms with Gasteiger partial charge in [0, 0.05) is 32.7 Å². The second kappa shape index (κ2) is 8.72. The average molecular weight is 563 g/mol. The van der Waals surface area contributed by atoms with Crippen molar-refractivity contribution in [3.63, 3.8) is 0 Å². The van der Waals surface area contributed by atoms with E-state index < -0.39 is 0 Å². The van der Waals surface area contributed by atoms with E-state index in [1.54, 1.807) is 0 Å². The largest absolute Gasteiger partial charge is 0.456 e. The Balaban J connectivity index is 1.32. The molecule has 0 atom stereocenters. The summed E-state index contributed by atoms with van der Waals surface area (Å²) < 4.78 is 8.65. The van der Waals surface area contributed by atoms with Crippen molar-refractivity contribution >= 4 is 65.3 Å². The summed E-state index contributed by atoms with van der Waals surface area (Å²) in [6.45, 7) is 0. The smallest absolute Gasteiger partial charge is 0.238 e. The molecule has 0 aliphatic carbocycles. The predicted octanol–water partition coefficient (Wildman–Crippen LogP) is 9.95. The van der Waals surface area contributed by atoms with Crippen molar-refractivity contribution in [1.82, 2.24) is 19.5 Å². The Hall–Kier alpha value is -6.07. The Labute approximate surface area is 251 Å². The van der Waals surface area contributed by atoms with Gasteiger partial charge in [-0.2, -0.15) is 9.97 Å². The maximum atomic E-state index is 6.50. The number of furan rings is 1. The Morgan fingerprint density at radius 2 is 0.977 bits per heavy atom. The lowest BCUT2D eigenvalue weighted by Crippen LogP contribution is -2.06. The molecule has 204 valence electrons. The second-order valence-corrected chi connectivity index (χ2v) is 11.2. The molecule has 10 aromatic rings. The summed E-state index contributed by atoms with van der Waals surface area (Å²) in [4.78, 5) is 15.3. The molecule has 5 nitrogen and oxygen atoms in total. The number of aromatic nitrogens is 4. The third kappa shape index (κ3) is 3.21. The van der Waals surface area contributed by atoms with Crippen LogP contribution in [0.3, 0.4) is 0 Å². The van der Waals surface area contributed by atoms with E-state index in [2.05, 4.69) is 102 Å². The third-order valence-electron chi connectivity index (χ3n) is 8.80. The van der Waals surface area contributed by atoms with Crippen molar-refractivity contribution in [3.8, 4) is 28.7 Å². The van der Waals surface area contributed by atoms with Crippen molar-refractivity contribution < 1.29 is 4.42 Å². The van der Waals surface area contributed by atoms with Gasteiger partial charge < -0.3 is 4.42 Å². The first-order chi connectivity index (χ1) is 21.8. The SMILES string of the molecule is c1ccc(-c2nc(-c3cc4oc5cccc6c7ccccc7c(c3)c4c56)nc(-n3c4ccccc4c4ccccc43)n2)cc1. The van der Waals surface area contributed by atoms with Crippen LogP contribution in [0.1, 0.15) is 0 Å². The Bertz CT molecular complexity index is 2670. The van der Waals surface area contributed by atoms with Crippen molar-refractivity contribution in [2.75, 3.05) is 0 Å². The zero-order chi connectivity index (χ0) is 28.8. The first-order valence-electron chi connectivity index (χ1n) is 14.7. The highest BCUT2D eigenvalue weighted by atomic mass is 16.3. The summed E-state index contributed by atoms with van der Waals surface area (Å²) in [6, 6.07) is 46.1. The van der Waals surface area contributed by atoms with Gasteiger partial charge in [-0.25, -0.2) is 4.98 Å². The number of fused-ring (bicyclic) bond motifs is 6. The van der Waals surface area contributed by atoms with E-state index >= 15 is 0 Å². The molecule has 0 fully saturated rings. The number of rotatable bonds is 3. The lowest BCUT2D eigenvalue weighted by Gasteiger charge is -2.12. The number of benzene rings is 7. The van der Waals surface area contributed by atoms with E-state index in [0.717, 1.165) is 60.3 Å². The van der Waals surface area contributed by atoms with Gasteiger partial charge in [0.15, 0.2) is 11.6 Å². The molecular weight excluding hydrogens is 540 g/mol. The van der Waals surface area contributed by atoms with Crippen LogP contribution in [0.5, 0.6) is 0 Å². The van der Waals surface area contributed by atoms with Crippen LogP contribution in [0.4, 0.5) is 0 Å². The summed E-state index contributed by atoms with van der Waals surface area (Å²) in [5.41, 5.74) is 5.63. The van der Waals surface area contributed by atoms with Crippen LogP contribution in [0.25, 0.3) is 94.0 Å². The van der Waals surface area contributed by atoms with E-state index in [-0.39, 0.29) is 0 Å². The summed E-state index contributed by atoms with van der Waals surface area (Å²) in [7, 11) is 0. The van der Waals surface area contributed by atoms with Gasteiger partial charge in [-0.3, -0.25) is 4.57 Å². The van der Waals surface area contributed by atoms with Gasteiger partial charge in [0.1, 0.15) is 11.2 Å². The first-order valence-corrected chi connectivity index (χ1v) is 14.7. The minimum Gasteiger partial charge on any atom is -0.456 e. The van der Waals surface area contributed by atoms with Crippen LogP contribution in [0.2, 0.25) is 0 Å². The van der Waals surface area contributed by atoms with Crippen molar-refractivity contribution in [3.05, 3.63) is 133 Å². The molecule has 10 rings (SSSR count). The monoisotopic (exact) mass is 562 g/mol. The Morgan fingerprint density at radius 3 is 1.70 bits per heavy atom. The van der Waals surface area contributed by atoms with Gasteiger partial charge in [-0.05, 0) is 51.9 Å². The average Bonchev–Trinajstić information content (AvgIpc) is 3.64. The van der Waals surface area contributed by atoms with Gasteiger partial charge in [-0.1, -0.05) is 103 Å². The number of nitrogens with zero attached hydrogens (tertiary/aromatic N) is 4. The van der Waals surface area contributed by atoms with Crippen molar-refractivity contribution in [2.45, 2.75) is 0 Å². The fourth-order valence-corrected chi connectivity index (χ4v) is 6.91. The van der Waals surface area contributed by atoms with E-state index in [4.69, 9.17) is 19.4 Å². The standard InChI is InChI=1S/C39H22N4O/c1-2-11-23(12-3-1)37-40-38(42-39(41-37)43-31-18-8-6-15-27(31)28-16-7-9-19-32(28)43)24-21-30-26-14-5-4-13-25(26)29-17-10-20-33-35(29)36(30)34(22-24)44-33/h1-22H. The molecule has 0 unspecified atom stereocenters. The summed E-state index contributed by atoms with van der Waals surface area (Å²) in [6.07, 6.45) is 0. The van der Waals surface area contributed by atoms with Gasteiger partial charge >= 0.3 is 0 Å². The molecule has 3 heterocycles. The minimum atomic E-state index is 0.576. The fourth-order valence-electron chi connectivity index (χ4n) is 6.91. The second-order valence-electron chi connectivity index (χ2n) is 11.2. The molecule has 0 N–H and O–H groups in total. The summed E-state index contributed by atoms with van der Waals surface area (Å²) >= 11 is 0. The first kappa shape index (κ1) is 23.5. The Kier molecular flexibility index (Phi) is 4.66. The number of hydrogen-bond donors (Lipinski definition) is 0. The lowest BCUT2D eigenvalue weighted by atomic mass is 9.93. The predicted molar refractivity (Wildman–Crippen MR) is 179 cm³/mol. The molecule has 7 aromatic carbocycles. The quantitative estimate of drug-likeness (QED) is 0.201. The van der Waals surface area contributed by atoms with E-state index in [9.17, 15) is 0 Å². The van der Waals surface area contributed by atoms with Gasteiger partial charge in [0.25, 0.3) is 0 Å². The van der Waals surface area contributed by atoms with E-state index in [0.29, 0.717) is 17.6 Å². The topological polar surface area (TPSA) is 56.7 Å². The van der Waals surface area contributed by atoms with Crippen molar-refractivity contribution in [2.24, 2.45) is 0 Å². The zero-order valence-electron chi connectivity index (χ0n) is 23.4. The maximum Gasteiger partial charge on any atom is 0.238 e. The summed E-state index contributed by atoms with van der Waals surface area (Å²) in [5, 5.41) is 9.34. The highest BCUT2D eigenvalue weighted by Crippen LogP contribution is 2.44. The minimum absolute atomic E-state index is 0.576. The molecule has 44 heavy (non-hydrogen) atoms. The molecule has 0 radical (unpaired) electrons. The van der Waals surface area contributed by atoms with Gasteiger partial charge in [-0.15, -0.1) is 0 Å². The number of hydrogen-bond acceptors (Lipinski definition) is 4. The lowest BCUT2D eigenvalue weighted by molar-refractivity contribution is 0.669. The molecule has 0 bridgehead atoms. The fraction of sp³-hybridized carbons (Fsp3) is 0. The van der Waals surface area contributed by atoms with Crippen molar-refractivity contribution in [1.29, 1.82) is 0 Å². The molecule has 5 heteroatoms. The molecule has 0 spiro atoms. The molecular formula is C39H22N4O. The van der Waals surface area contributed by atoms with Crippen LogP contribution in [0, 0.1) is 0 Å².